The van der Waals surface area contributed by atoms with Crippen molar-refractivity contribution in [3.63, 3.8) is 0 Å². The Morgan fingerprint density at radius 2 is 2.00 bits per heavy atom. The van der Waals surface area contributed by atoms with Crippen LogP contribution in [-0.4, -0.2) is 61.4 Å². The summed E-state index contributed by atoms with van der Waals surface area (Å²) in [6, 6.07) is 0. The van der Waals surface area contributed by atoms with Gasteiger partial charge in [0.15, 0.2) is 9.84 Å². The molecule has 6 nitrogen and oxygen atoms in total. The van der Waals surface area contributed by atoms with Crippen LogP contribution in [0.15, 0.2) is 0 Å². The number of sulfone groups is 1. The number of hydrogen-bond acceptors (Lipinski definition) is 5. The quantitative estimate of drug-likeness (QED) is 0.668. The number of carbonyl (C=O) groups excluding carboxylic acids is 1. The van der Waals surface area contributed by atoms with E-state index in [-0.39, 0.29) is 17.4 Å². The highest BCUT2D eigenvalue weighted by atomic mass is 32.2. The molecule has 2 aliphatic heterocycles. The van der Waals surface area contributed by atoms with E-state index in [9.17, 15) is 13.2 Å². The van der Waals surface area contributed by atoms with Gasteiger partial charge in [-0.3, -0.25) is 4.79 Å². The first-order chi connectivity index (χ1) is 9.24. The molecule has 1 unspecified atom stereocenters. The van der Waals surface area contributed by atoms with E-state index in [1.165, 1.54) is 0 Å². The first-order valence-electron chi connectivity index (χ1n) is 6.75. The molecule has 0 saturated carbocycles. The zero-order chi connectivity index (χ0) is 15.0. The number of nitrogens with two attached hydrogens (primary N) is 1. The first-order valence-corrected chi connectivity index (χ1v) is 8.98. The predicted molar refractivity (Wildman–Crippen MR) is 81.2 cm³/mol. The van der Waals surface area contributed by atoms with Crippen LogP contribution in [0.5, 0.6) is 0 Å². The Bertz CT molecular complexity index is 510. The fourth-order valence-corrected chi connectivity index (χ4v) is 4.77. The Morgan fingerprint density at radius 3 is 2.45 bits per heavy atom. The van der Waals surface area contributed by atoms with Crippen molar-refractivity contribution < 1.29 is 13.2 Å². The molecule has 0 aliphatic carbocycles. The molecule has 2 saturated heterocycles. The Kier molecular flexibility index (Phi) is 4.36. The highest BCUT2D eigenvalue weighted by Crippen LogP contribution is 2.25. The molecule has 2 rings (SSSR count). The predicted octanol–water partition coefficient (Wildman–Crippen LogP) is -0.712. The van der Waals surface area contributed by atoms with Crippen molar-refractivity contribution in [1.29, 1.82) is 0 Å². The molecular formula is C12H21N3O3S2. The number of thiocarbonyl (C=S) groups is 1. The monoisotopic (exact) mass is 319 g/mol. The Labute approximate surface area is 125 Å². The van der Waals surface area contributed by atoms with Gasteiger partial charge in [-0.15, -0.1) is 0 Å². The normalized spacial score (nSPS) is 28.9. The van der Waals surface area contributed by atoms with Gasteiger partial charge in [0.05, 0.1) is 28.0 Å². The number of hydrogen-bond donors (Lipinski definition) is 2. The summed E-state index contributed by atoms with van der Waals surface area (Å²) in [5, 5.41) is 2.94. The minimum atomic E-state index is -3.06. The van der Waals surface area contributed by atoms with Gasteiger partial charge >= 0.3 is 0 Å². The smallest absolute Gasteiger partial charge is 0.224 e. The van der Waals surface area contributed by atoms with E-state index in [0.717, 1.165) is 13.1 Å². The number of amides is 1. The lowest BCUT2D eigenvalue weighted by molar-refractivity contribution is -0.125. The van der Waals surface area contributed by atoms with Gasteiger partial charge in [-0.2, -0.15) is 0 Å². The molecule has 0 aromatic rings. The maximum Gasteiger partial charge on any atom is 0.224 e. The van der Waals surface area contributed by atoms with Crippen LogP contribution in [-0.2, 0) is 14.6 Å². The number of likely N-dealkylation sites (tertiary alicyclic amines) is 1. The van der Waals surface area contributed by atoms with E-state index in [0.29, 0.717) is 24.3 Å². The van der Waals surface area contributed by atoms with Crippen molar-refractivity contribution in [3.8, 4) is 0 Å². The second-order valence-corrected chi connectivity index (χ2v) is 8.51. The third-order valence-corrected chi connectivity index (χ3v) is 6.44. The maximum absolute atomic E-state index is 12.3. The Morgan fingerprint density at radius 1 is 1.40 bits per heavy atom. The molecule has 2 fully saturated rings. The molecule has 8 heteroatoms. The molecule has 0 aromatic heterocycles. The average Bonchev–Trinajstić information content (AvgIpc) is 2.73. The third kappa shape index (κ3) is 3.29. The van der Waals surface area contributed by atoms with Crippen molar-refractivity contribution in [3.05, 3.63) is 0 Å². The van der Waals surface area contributed by atoms with Crippen LogP contribution in [0.25, 0.3) is 0 Å². The van der Waals surface area contributed by atoms with Crippen LogP contribution >= 0.6 is 12.2 Å². The summed E-state index contributed by atoms with van der Waals surface area (Å²) in [5.74, 6) is -0.672. The summed E-state index contributed by atoms with van der Waals surface area (Å²) in [7, 11) is -1.05. The molecule has 1 atom stereocenters. The highest BCUT2D eigenvalue weighted by molar-refractivity contribution is 7.91. The van der Waals surface area contributed by atoms with Gasteiger partial charge < -0.3 is 16.0 Å². The molecular weight excluding hydrogens is 298 g/mol. The van der Waals surface area contributed by atoms with Crippen LogP contribution in [0.3, 0.4) is 0 Å². The molecule has 0 spiro atoms. The standard InChI is InChI=1S/C12H21N3O3S2/c1-15-5-3-12(4-6-15,11(13)19)14-10(16)9-2-7-20(17,18)8-9/h9H,2-8H2,1H3,(H2,13,19)(H,14,16). The maximum atomic E-state index is 12.3. The Balaban J connectivity index is 2.06. The minimum Gasteiger partial charge on any atom is -0.391 e. The van der Waals surface area contributed by atoms with Crippen LogP contribution in [0, 0.1) is 5.92 Å². The molecule has 0 bridgehead atoms. The molecule has 2 heterocycles. The number of piperidine rings is 1. The van der Waals surface area contributed by atoms with Gasteiger partial charge in [-0.25, -0.2) is 8.42 Å². The lowest BCUT2D eigenvalue weighted by Crippen LogP contribution is -2.62. The van der Waals surface area contributed by atoms with Crippen molar-refractivity contribution in [2.45, 2.75) is 24.8 Å². The zero-order valence-corrected chi connectivity index (χ0v) is 13.2. The summed E-state index contributed by atoms with van der Waals surface area (Å²) in [4.78, 5) is 14.7. The lowest BCUT2D eigenvalue weighted by atomic mass is 9.86. The molecule has 0 radical (unpaired) electrons. The largest absolute Gasteiger partial charge is 0.391 e. The summed E-state index contributed by atoms with van der Waals surface area (Å²) in [6.07, 6.45) is 1.73. The van der Waals surface area contributed by atoms with E-state index in [2.05, 4.69) is 10.2 Å². The number of rotatable bonds is 3. The molecule has 114 valence electrons. The second kappa shape index (κ2) is 5.57. The minimum absolute atomic E-state index is 0.0633. The van der Waals surface area contributed by atoms with Gasteiger partial charge in [0.25, 0.3) is 0 Å². The molecule has 0 aromatic carbocycles. The van der Waals surface area contributed by atoms with Gasteiger partial charge in [0, 0.05) is 13.1 Å². The molecule has 1 amide bonds. The van der Waals surface area contributed by atoms with E-state index >= 15 is 0 Å². The van der Waals surface area contributed by atoms with Crippen LogP contribution in [0.2, 0.25) is 0 Å². The van der Waals surface area contributed by atoms with Crippen molar-refractivity contribution in [2.24, 2.45) is 11.7 Å². The van der Waals surface area contributed by atoms with E-state index in [1.54, 1.807) is 0 Å². The van der Waals surface area contributed by atoms with Crippen molar-refractivity contribution in [1.82, 2.24) is 10.2 Å². The third-order valence-electron chi connectivity index (χ3n) is 4.28. The van der Waals surface area contributed by atoms with Gasteiger partial charge in [0.2, 0.25) is 5.91 Å². The lowest BCUT2D eigenvalue weighted by Gasteiger charge is -2.41. The topological polar surface area (TPSA) is 92.5 Å². The first kappa shape index (κ1) is 15.7. The van der Waals surface area contributed by atoms with E-state index in [4.69, 9.17) is 18.0 Å². The zero-order valence-electron chi connectivity index (χ0n) is 11.6. The average molecular weight is 319 g/mol. The summed E-state index contributed by atoms with van der Waals surface area (Å²) >= 11 is 5.13. The van der Waals surface area contributed by atoms with Gasteiger partial charge in [-0.05, 0) is 26.3 Å². The second-order valence-electron chi connectivity index (χ2n) is 5.84. The van der Waals surface area contributed by atoms with Crippen LogP contribution in [0.4, 0.5) is 0 Å². The number of carbonyl (C=O) groups is 1. The molecule has 2 aliphatic rings. The number of nitrogens with zero attached hydrogens (tertiary/aromatic N) is 1. The SMILES string of the molecule is CN1CCC(NC(=O)C2CCS(=O)(=O)C2)(C(N)=S)CC1. The summed E-state index contributed by atoms with van der Waals surface area (Å²) < 4.78 is 22.9. The van der Waals surface area contributed by atoms with Crippen LogP contribution in [0.1, 0.15) is 19.3 Å². The van der Waals surface area contributed by atoms with Crippen molar-refractivity contribution in [2.75, 3.05) is 31.6 Å². The summed E-state index contributed by atoms with van der Waals surface area (Å²) in [6.45, 7) is 1.61. The summed E-state index contributed by atoms with van der Waals surface area (Å²) in [5.41, 5.74) is 5.17. The van der Waals surface area contributed by atoms with E-state index in [1.807, 2.05) is 7.05 Å². The van der Waals surface area contributed by atoms with Crippen LogP contribution < -0.4 is 11.1 Å². The fourth-order valence-electron chi connectivity index (χ4n) is 2.77. The molecule has 3 N–H and O–H groups in total. The highest BCUT2D eigenvalue weighted by Gasteiger charge is 2.41. The van der Waals surface area contributed by atoms with Gasteiger partial charge in [-0.1, -0.05) is 12.2 Å². The van der Waals surface area contributed by atoms with Gasteiger partial charge in [0.1, 0.15) is 0 Å². The number of nitrogens with one attached hydrogen (secondary N) is 1. The molecule has 20 heavy (non-hydrogen) atoms. The fraction of sp³-hybridized carbons (Fsp3) is 0.833. The van der Waals surface area contributed by atoms with E-state index < -0.39 is 21.3 Å². The van der Waals surface area contributed by atoms with Crippen molar-refractivity contribution >= 4 is 33.0 Å². The Hall–Kier alpha value is -0.730.